The van der Waals surface area contributed by atoms with E-state index in [4.69, 9.17) is 10.8 Å². The van der Waals surface area contributed by atoms with Gasteiger partial charge in [0.15, 0.2) is 5.82 Å². The number of benzene rings is 1. The molecule has 0 bridgehead atoms. The summed E-state index contributed by atoms with van der Waals surface area (Å²) in [5, 5.41) is 8.92. The molecule has 1 aromatic carbocycles. The van der Waals surface area contributed by atoms with Crippen molar-refractivity contribution in [1.29, 1.82) is 0 Å². The van der Waals surface area contributed by atoms with E-state index in [1.165, 1.54) is 6.21 Å². The van der Waals surface area contributed by atoms with E-state index in [0.29, 0.717) is 11.1 Å². The van der Waals surface area contributed by atoms with Crippen molar-refractivity contribution >= 4 is 11.9 Å². The normalized spacial score (nSPS) is 11.1. The molecule has 3 N–H and O–H groups in total. The van der Waals surface area contributed by atoms with E-state index in [2.05, 4.69) is 4.99 Å². The molecule has 0 spiro atoms. The number of halogens is 1. The summed E-state index contributed by atoms with van der Waals surface area (Å²) in [6, 6.07) is 1.71. The van der Waals surface area contributed by atoms with E-state index in [1.54, 1.807) is 20.0 Å². The molecule has 0 unspecified atom stereocenters. The van der Waals surface area contributed by atoms with Gasteiger partial charge in [-0.25, -0.2) is 4.39 Å². The second-order valence-corrected chi connectivity index (χ2v) is 3.03. The van der Waals surface area contributed by atoms with Crippen LogP contribution in [-0.2, 0) is 6.61 Å². The Morgan fingerprint density at radius 1 is 1.64 bits per heavy atom. The molecule has 76 valence electrons. The lowest BCUT2D eigenvalue weighted by Gasteiger charge is -2.09. The highest BCUT2D eigenvalue weighted by molar-refractivity contribution is 5.87. The lowest BCUT2D eigenvalue weighted by atomic mass is 10.0. The van der Waals surface area contributed by atoms with Crippen LogP contribution in [-0.4, -0.2) is 18.4 Å². The molecule has 0 aliphatic carbocycles. The van der Waals surface area contributed by atoms with Crippen LogP contribution in [0.25, 0.3) is 0 Å². The predicted molar refractivity (Wildman–Crippen MR) is 55.0 cm³/mol. The van der Waals surface area contributed by atoms with Crippen LogP contribution in [0.4, 0.5) is 10.1 Å². The van der Waals surface area contributed by atoms with E-state index < -0.39 is 5.82 Å². The van der Waals surface area contributed by atoms with Crippen LogP contribution in [0.2, 0.25) is 0 Å². The monoisotopic (exact) mass is 196 g/mol. The van der Waals surface area contributed by atoms with Gasteiger partial charge in [0, 0.05) is 24.4 Å². The summed E-state index contributed by atoms with van der Waals surface area (Å²) < 4.78 is 13.5. The molecule has 14 heavy (non-hydrogen) atoms. The molecule has 3 nitrogen and oxygen atoms in total. The van der Waals surface area contributed by atoms with Crippen LogP contribution in [0.15, 0.2) is 11.1 Å². The summed E-state index contributed by atoms with van der Waals surface area (Å²) >= 11 is 0. The highest BCUT2D eigenvalue weighted by atomic mass is 19.1. The van der Waals surface area contributed by atoms with Crippen molar-refractivity contribution in [3.8, 4) is 0 Å². The van der Waals surface area contributed by atoms with Gasteiger partial charge in [0.05, 0.1) is 12.3 Å². The molecule has 4 heteroatoms. The zero-order valence-corrected chi connectivity index (χ0v) is 8.21. The smallest absolute Gasteiger partial charge is 0.152 e. The molecule has 0 saturated heterocycles. The number of aliphatic hydroxyl groups is 1. The molecule has 1 rings (SSSR count). The fourth-order valence-corrected chi connectivity index (χ4v) is 1.30. The Kier molecular flexibility index (Phi) is 3.19. The fraction of sp³-hybridized carbons (Fsp3) is 0.300. The van der Waals surface area contributed by atoms with Gasteiger partial charge in [0.2, 0.25) is 0 Å². The first-order valence-electron chi connectivity index (χ1n) is 4.22. The van der Waals surface area contributed by atoms with Gasteiger partial charge < -0.3 is 10.8 Å². The van der Waals surface area contributed by atoms with Crippen LogP contribution >= 0.6 is 0 Å². The van der Waals surface area contributed by atoms with Gasteiger partial charge in [0.25, 0.3) is 0 Å². The average Bonchev–Trinajstić information content (AvgIpc) is 2.15. The molecular weight excluding hydrogens is 183 g/mol. The summed E-state index contributed by atoms with van der Waals surface area (Å²) in [5.74, 6) is -0.553. The van der Waals surface area contributed by atoms with Crippen molar-refractivity contribution in [2.24, 2.45) is 4.99 Å². The Hall–Kier alpha value is -1.42. The Morgan fingerprint density at radius 2 is 2.29 bits per heavy atom. The van der Waals surface area contributed by atoms with Crippen LogP contribution in [0.1, 0.15) is 16.7 Å². The Balaban J connectivity index is 3.39. The quantitative estimate of drug-likeness (QED) is 0.552. The Morgan fingerprint density at radius 3 is 2.79 bits per heavy atom. The first kappa shape index (κ1) is 10.7. The maximum absolute atomic E-state index is 13.5. The van der Waals surface area contributed by atoms with Crippen molar-refractivity contribution in [2.45, 2.75) is 13.5 Å². The molecular formula is C10H13FN2O. The standard InChI is InChI=1S/C10H13FN2O/c1-6-3-7(4-13-2)10(12)9(11)8(6)5-14/h3-4,14H,5,12H2,1-2H3. The zero-order chi connectivity index (χ0) is 10.7. The van der Waals surface area contributed by atoms with E-state index >= 15 is 0 Å². The van der Waals surface area contributed by atoms with Crippen molar-refractivity contribution in [3.05, 3.63) is 28.6 Å². The number of anilines is 1. The maximum Gasteiger partial charge on any atom is 0.152 e. The van der Waals surface area contributed by atoms with Crippen molar-refractivity contribution < 1.29 is 9.50 Å². The summed E-state index contributed by atoms with van der Waals surface area (Å²) in [6.45, 7) is 1.38. The number of nitrogens with zero attached hydrogens (tertiary/aromatic N) is 1. The number of aryl methyl sites for hydroxylation is 1. The molecule has 0 heterocycles. The topological polar surface area (TPSA) is 58.6 Å². The second-order valence-electron chi connectivity index (χ2n) is 3.03. The number of aliphatic imine (C=N–C) groups is 1. The number of hydrogen-bond donors (Lipinski definition) is 2. The first-order chi connectivity index (χ1) is 6.61. The van der Waals surface area contributed by atoms with Gasteiger partial charge in [0.1, 0.15) is 0 Å². The van der Waals surface area contributed by atoms with Crippen molar-refractivity contribution in [1.82, 2.24) is 0 Å². The van der Waals surface area contributed by atoms with E-state index in [0.717, 1.165) is 0 Å². The third kappa shape index (κ3) is 1.75. The lowest BCUT2D eigenvalue weighted by molar-refractivity contribution is 0.275. The second kappa shape index (κ2) is 4.19. The third-order valence-electron chi connectivity index (χ3n) is 2.09. The lowest BCUT2D eigenvalue weighted by Crippen LogP contribution is -2.04. The maximum atomic E-state index is 13.5. The molecule has 0 aliphatic heterocycles. The summed E-state index contributed by atoms with van der Waals surface area (Å²) in [6.07, 6.45) is 1.49. The molecule has 0 aromatic heterocycles. The number of rotatable bonds is 2. The highest BCUT2D eigenvalue weighted by Gasteiger charge is 2.11. The zero-order valence-electron chi connectivity index (χ0n) is 8.21. The molecule has 0 amide bonds. The third-order valence-corrected chi connectivity index (χ3v) is 2.09. The average molecular weight is 196 g/mol. The van der Waals surface area contributed by atoms with E-state index in [-0.39, 0.29) is 17.9 Å². The highest BCUT2D eigenvalue weighted by Crippen LogP contribution is 2.22. The SMILES string of the molecule is CN=Cc1cc(C)c(CO)c(F)c1N. The van der Waals surface area contributed by atoms with Crippen molar-refractivity contribution in [2.75, 3.05) is 12.8 Å². The van der Waals surface area contributed by atoms with Gasteiger partial charge in [-0.05, 0) is 18.6 Å². The Bertz CT molecular complexity index is 375. The van der Waals surface area contributed by atoms with Crippen molar-refractivity contribution in [3.63, 3.8) is 0 Å². The summed E-state index contributed by atoms with van der Waals surface area (Å²) in [4.78, 5) is 3.77. The minimum absolute atomic E-state index is 0.0326. The fourth-order valence-electron chi connectivity index (χ4n) is 1.30. The van der Waals surface area contributed by atoms with E-state index in [1.807, 2.05) is 0 Å². The molecule has 0 fully saturated rings. The van der Waals surface area contributed by atoms with Crippen LogP contribution in [0.3, 0.4) is 0 Å². The minimum Gasteiger partial charge on any atom is -0.396 e. The summed E-state index contributed by atoms with van der Waals surface area (Å²) in [7, 11) is 1.59. The van der Waals surface area contributed by atoms with Gasteiger partial charge in [-0.3, -0.25) is 4.99 Å². The van der Waals surface area contributed by atoms with Crippen LogP contribution in [0.5, 0.6) is 0 Å². The number of hydrogen-bond acceptors (Lipinski definition) is 3. The van der Waals surface area contributed by atoms with Gasteiger partial charge in [-0.2, -0.15) is 0 Å². The van der Waals surface area contributed by atoms with Crippen LogP contribution in [0, 0.1) is 12.7 Å². The largest absolute Gasteiger partial charge is 0.396 e. The molecule has 0 saturated carbocycles. The first-order valence-corrected chi connectivity index (χ1v) is 4.22. The van der Waals surface area contributed by atoms with E-state index in [9.17, 15) is 4.39 Å². The predicted octanol–water partition coefficient (Wildman–Crippen LogP) is 1.26. The summed E-state index contributed by atoms with van der Waals surface area (Å²) in [5.41, 5.74) is 7.03. The number of aliphatic hydroxyl groups excluding tert-OH is 1. The molecule has 1 aromatic rings. The minimum atomic E-state index is -0.553. The molecule has 0 atom stereocenters. The molecule has 0 aliphatic rings. The number of nitrogens with two attached hydrogens (primary N) is 1. The van der Waals surface area contributed by atoms with Gasteiger partial charge in [-0.15, -0.1) is 0 Å². The Labute approximate surface area is 82.1 Å². The van der Waals surface area contributed by atoms with Crippen LogP contribution < -0.4 is 5.73 Å². The molecule has 0 radical (unpaired) electrons. The van der Waals surface area contributed by atoms with Gasteiger partial charge >= 0.3 is 0 Å². The number of nitrogen functional groups attached to an aromatic ring is 1. The van der Waals surface area contributed by atoms with Gasteiger partial charge in [-0.1, -0.05) is 0 Å².